The Kier molecular flexibility index (Phi) is 3.63. The highest BCUT2D eigenvalue weighted by atomic mass is 32.2. The van der Waals surface area contributed by atoms with Crippen LogP contribution in [0.15, 0.2) is 18.2 Å². The van der Waals surface area contributed by atoms with E-state index in [1.165, 1.54) is 36.0 Å². The minimum atomic E-state index is -2.81. The third-order valence-corrected chi connectivity index (χ3v) is 6.60. The first kappa shape index (κ1) is 13.1. The van der Waals surface area contributed by atoms with E-state index in [4.69, 9.17) is 0 Å². The van der Waals surface area contributed by atoms with Crippen LogP contribution in [0.4, 0.5) is 0 Å². The smallest absolute Gasteiger partial charge is 0.154 e. The van der Waals surface area contributed by atoms with Gasteiger partial charge >= 0.3 is 0 Å². The van der Waals surface area contributed by atoms with E-state index in [1.54, 1.807) is 0 Å². The zero-order valence-corrected chi connectivity index (χ0v) is 12.0. The molecule has 1 heterocycles. The molecule has 1 atom stereocenters. The number of hydrogen-bond donors (Lipinski definition) is 1. The van der Waals surface area contributed by atoms with Crippen molar-refractivity contribution >= 4 is 9.84 Å². The van der Waals surface area contributed by atoms with E-state index in [2.05, 4.69) is 23.5 Å². The molecule has 1 fully saturated rings. The Morgan fingerprint density at radius 2 is 2.00 bits per heavy atom. The molecule has 1 unspecified atom stereocenters. The Hall–Kier alpha value is -0.870. The van der Waals surface area contributed by atoms with Crippen LogP contribution in [0.2, 0.25) is 0 Å². The van der Waals surface area contributed by atoms with Crippen molar-refractivity contribution in [3.05, 3.63) is 34.9 Å². The molecule has 1 N–H and O–H groups in total. The number of fused-ring (bicyclic) bond motifs is 1. The number of rotatable bonds is 4. The molecule has 19 heavy (non-hydrogen) atoms. The van der Waals surface area contributed by atoms with Crippen molar-refractivity contribution < 1.29 is 8.42 Å². The lowest BCUT2D eigenvalue weighted by molar-refractivity contribution is 0.574. The predicted octanol–water partition coefficient (Wildman–Crippen LogP) is 1.84. The monoisotopic (exact) mass is 279 g/mol. The van der Waals surface area contributed by atoms with E-state index in [0.29, 0.717) is 12.3 Å². The molecule has 1 saturated heterocycles. The van der Waals surface area contributed by atoms with Crippen LogP contribution in [0, 0.1) is 0 Å². The lowest BCUT2D eigenvalue weighted by atomic mass is 10.1. The molecular weight excluding hydrogens is 258 g/mol. The maximum Gasteiger partial charge on any atom is 0.154 e. The van der Waals surface area contributed by atoms with Crippen molar-refractivity contribution in [3.8, 4) is 0 Å². The molecule has 4 heteroatoms. The quantitative estimate of drug-likeness (QED) is 0.915. The number of benzene rings is 1. The molecule has 3 nitrogen and oxygen atoms in total. The summed E-state index contributed by atoms with van der Waals surface area (Å²) in [6, 6.07) is 6.67. The summed E-state index contributed by atoms with van der Waals surface area (Å²) in [5.74, 6) is 0.373. The molecule has 3 rings (SSSR count). The van der Waals surface area contributed by atoms with Gasteiger partial charge < -0.3 is 5.32 Å². The fourth-order valence-electron chi connectivity index (χ4n) is 3.20. The Morgan fingerprint density at radius 1 is 1.16 bits per heavy atom. The summed E-state index contributed by atoms with van der Waals surface area (Å²) in [7, 11) is -2.81. The van der Waals surface area contributed by atoms with Gasteiger partial charge in [0.1, 0.15) is 0 Å². The fraction of sp³-hybridized carbons (Fsp3) is 0.600. The largest absolute Gasteiger partial charge is 0.311 e. The lowest BCUT2D eigenvalue weighted by Crippen LogP contribution is -2.30. The Morgan fingerprint density at radius 3 is 2.79 bits per heavy atom. The Labute approximate surface area is 115 Å². The highest BCUT2D eigenvalue weighted by molar-refractivity contribution is 7.92. The minimum Gasteiger partial charge on any atom is -0.311 e. The van der Waals surface area contributed by atoms with Crippen molar-refractivity contribution in [1.29, 1.82) is 0 Å². The van der Waals surface area contributed by atoms with Crippen LogP contribution in [0.25, 0.3) is 0 Å². The SMILES string of the molecule is O=S1(=O)CCCC1CNCc1ccc2c(c1)CCC2. The second-order valence-electron chi connectivity index (χ2n) is 5.72. The topological polar surface area (TPSA) is 46.2 Å². The van der Waals surface area contributed by atoms with Gasteiger partial charge in [-0.05, 0) is 48.8 Å². The molecular formula is C15H21NO2S. The van der Waals surface area contributed by atoms with Crippen molar-refractivity contribution in [2.24, 2.45) is 0 Å². The summed E-state index contributed by atoms with van der Waals surface area (Å²) in [6.07, 6.45) is 5.32. The number of nitrogens with one attached hydrogen (secondary N) is 1. The van der Waals surface area contributed by atoms with E-state index in [0.717, 1.165) is 19.4 Å². The summed E-state index contributed by atoms with van der Waals surface area (Å²) in [5.41, 5.74) is 4.24. The molecule has 0 radical (unpaired) electrons. The van der Waals surface area contributed by atoms with Crippen LogP contribution in [-0.4, -0.2) is 26.0 Å². The van der Waals surface area contributed by atoms with E-state index >= 15 is 0 Å². The molecule has 0 bridgehead atoms. The maximum atomic E-state index is 11.7. The van der Waals surface area contributed by atoms with Gasteiger partial charge in [-0.1, -0.05) is 18.2 Å². The normalized spacial score (nSPS) is 24.5. The fourth-order valence-corrected chi connectivity index (χ4v) is 5.00. The van der Waals surface area contributed by atoms with Crippen LogP contribution in [0.1, 0.15) is 36.0 Å². The summed E-state index contributed by atoms with van der Waals surface area (Å²) in [5, 5.41) is 3.15. The molecule has 0 aromatic heterocycles. The van der Waals surface area contributed by atoms with Crippen molar-refractivity contribution in [2.45, 2.75) is 43.9 Å². The molecule has 1 aromatic rings. The zero-order valence-electron chi connectivity index (χ0n) is 11.2. The summed E-state index contributed by atoms with van der Waals surface area (Å²) < 4.78 is 23.4. The third kappa shape index (κ3) is 2.84. The average Bonchev–Trinajstić information content (AvgIpc) is 2.95. The molecule has 0 spiro atoms. The average molecular weight is 279 g/mol. The van der Waals surface area contributed by atoms with Gasteiger partial charge in [-0.2, -0.15) is 0 Å². The van der Waals surface area contributed by atoms with Crippen LogP contribution < -0.4 is 5.32 Å². The van der Waals surface area contributed by atoms with Crippen molar-refractivity contribution in [2.75, 3.05) is 12.3 Å². The van der Waals surface area contributed by atoms with Gasteiger partial charge in [0, 0.05) is 13.1 Å². The van der Waals surface area contributed by atoms with Gasteiger partial charge in [-0.25, -0.2) is 8.42 Å². The molecule has 1 aromatic carbocycles. The van der Waals surface area contributed by atoms with Crippen molar-refractivity contribution in [3.63, 3.8) is 0 Å². The third-order valence-electron chi connectivity index (χ3n) is 4.33. The first-order chi connectivity index (χ1) is 9.15. The maximum absolute atomic E-state index is 11.7. The van der Waals surface area contributed by atoms with Gasteiger partial charge in [0.15, 0.2) is 9.84 Å². The molecule has 104 valence electrons. The lowest BCUT2D eigenvalue weighted by Gasteiger charge is -2.11. The first-order valence-electron chi connectivity index (χ1n) is 7.18. The molecule has 2 aliphatic rings. The second-order valence-corrected chi connectivity index (χ2v) is 8.12. The first-order valence-corrected chi connectivity index (χ1v) is 8.90. The van der Waals surface area contributed by atoms with Crippen LogP contribution in [-0.2, 0) is 29.2 Å². The highest BCUT2D eigenvalue weighted by Gasteiger charge is 2.30. The van der Waals surface area contributed by atoms with Crippen LogP contribution in [0.3, 0.4) is 0 Å². The molecule has 1 aliphatic heterocycles. The van der Waals surface area contributed by atoms with Crippen LogP contribution in [0.5, 0.6) is 0 Å². The molecule has 0 amide bonds. The van der Waals surface area contributed by atoms with Gasteiger partial charge in [0.25, 0.3) is 0 Å². The van der Waals surface area contributed by atoms with E-state index < -0.39 is 9.84 Å². The number of aryl methyl sites for hydroxylation is 2. The van der Waals surface area contributed by atoms with Gasteiger partial charge in [0.2, 0.25) is 0 Å². The minimum absolute atomic E-state index is 0.165. The number of hydrogen-bond acceptors (Lipinski definition) is 3. The van der Waals surface area contributed by atoms with Gasteiger partial charge in [-0.15, -0.1) is 0 Å². The Balaban J connectivity index is 1.55. The highest BCUT2D eigenvalue weighted by Crippen LogP contribution is 2.23. The summed E-state index contributed by atoms with van der Waals surface area (Å²) in [4.78, 5) is 0. The van der Waals surface area contributed by atoms with Crippen molar-refractivity contribution in [1.82, 2.24) is 5.32 Å². The van der Waals surface area contributed by atoms with Crippen LogP contribution >= 0.6 is 0 Å². The summed E-state index contributed by atoms with van der Waals surface area (Å²) >= 11 is 0. The van der Waals surface area contributed by atoms with E-state index in [1.807, 2.05) is 0 Å². The summed E-state index contributed by atoms with van der Waals surface area (Å²) in [6.45, 7) is 1.37. The second kappa shape index (κ2) is 5.25. The Bertz CT molecular complexity index is 566. The zero-order chi connectivity index (χ0) is 13.3. The molecule has 0 saturated carbocycles. The standard InChI is InChI=1S/C15H21NO2S/c17-19(18)8-2-5-15(19)11-16-10-12-6-7-13-3-1-4-14(13)9-12/h6-7,9,15-16H,1-5,8,10-11H2. The predicted molar refractivity (Wildman–Crippen MR) is 77.0 cm³/mol. The van der Waals surface area contributed by atoms with Gasteiger partial charge in [0.05, 0.1) is 11.0 Å². The number of sulfone groups is 1. The van der Waals surface area contributed by atoms with E-state index in [-0.39, 0.29) is 5.25 Å². The molecule has 1 aliphatic carbocycles. The van der Waals surface area contributed by atoms with Gasteiger partial charge in [-0.3, -0.25) is 0 Å². The van der Waals surface area contributed by atoms with E-state index in [9.17, 15) is 8.42 Å².